The van der Waals surface area contributed by atoms with Crippen molar-refractivity contribution in [2.24, 2.45) is 5.92 Å². The summed E-state index contributed by atoms with van der Waals surface area (Å²) in [6.07, 6.45) is -0.648. The van der Waals surface area contributed by atoms with Gasteiger partial charge in [-0.15, -0.1) is 11.8 Å². The van der Waals surface area contributed by atoms with Crippen LogP contribution < -0.4 is 0 Å². The van der Waals surface area contributed by atoms with Gasteiger partial charge in [0.1, 0.15) is 5.82 Å². The first-order valence-electron chi connectivity index (χ1n) is 5.25. The predicted molar refractivity (Wildman–Crippen MR) is 64.0 cm³/mol. The number of rotatable bonds is 5. The van der Waals surface area contributed by atoms with Crippen LogP contribution in [0.3, 0.4) is 0 Å². The summed E-state index contributed by atoms with van der Waals surface area (Å²) in [5.41, 5.74) is 0.581. The lowest BCUT2D eigenvalue weighted by Crippen LogP contribution is -2.03. The molecule has 1 aromatic carbocycles. The third-order valence-electron chi connectivity index (χ3n) is 2.27. The molecule has 1 aromatic rings. The maximum atomic E-state index is 13.6. The summed E-state index contributed by atoms with van der Waals surface area (Å²) < 4.78 is 13.6. The van der Waals surface area contributed by atoms with Crippen molar-refractivity contribution in [1.29, 1.82) is 0 Å². The van der Waals surface area contributed by atoms with E-state index >= 15 is 0 Å². The third-order valence-corrected chi connectivity index (χ3v) is 3.65. The summed E-state index contributed by atoms with van der Waals surface area (Å²) >= 11 is 1.38. The molecule has 0 saturated carbocycles. The second kappa shape index (κ2) is 6.23. The van der Waals surface area contributed by atoms with Gasteiger partial charge in [0.25, 0.3) is 0 Å². The molecule has 0 saturated heterocycles. The quantitative estimate of drug-likeness (QED) is 0.782. The van der Waals surface area contributed by atoms with Crippen LogP contribution >= 0.6 is 11.8 Å². The van der Waals surface area contributed by atoms with Crippen LogP contribution in [0.4, 0.5) is 4.39 Å². The van der Waals surface area contributed by atoms with E-state index in [1.807, 2.05) is 6.92 Å². The van der Waals surface area contributed by atoms with Crippen molar-refractivity contribution in [3.8, 4) is 0 Å². The van der Waals surface area contributed by atoms with E-state index in [1.54, 1.807) is 19.1 Å². The van der Waals surface area contributed by atoms with E-state index < -0.39 is 6.10 Å². The molecule has 2 N–H and O–H groups in total. The van der Waals surface area contributed by atoms with Crippen LogP contribution in [0.5, 0.6) is 0 Å². The molecule has 0 aliphatic heterocycles. The number of aliphatic hydroxyl groups is 2. The minimum Gasteiger partial charge on any atom is -0.396 e. The van der Waals surface area contributed by atoms with Gasteiger partial charge in [0.2, 0.25) is 0 Å². The van der Waals surface area contributed by atoms with E-state index in [4.69, 9.17) is 5.11 Å². The molecule has 2 atom stereocenters. The minimum absolute atomic E-state index is 0.111. The van der Waals surface area contributed by atoms with Gasteiger partial charge in [0.05, 0.1) is 6.10 Å². The molecule has 2 unspecified atom stereocenters. The lowest BCUT2D eigenvalue weighted by Gasteiger charge is -2.10. The van der Waals surface area contributed by atoms with E-state index in [0.717, 1.165) is 0 Å². The van der Waals surface area contributed by atoms with Gasteiger partial charge in [0.15, 0.2) is 0 Å². The van der Waals surface area contributed by atoms with Crippen LogP contribution in [-0.2, 0) is 0 Å². The molecular weight excluding hydrogens is 227 g/mol. The number of thioether (sulfide) groups is 1. The molecule has 0 fully saturated rings. The predicted octanol–water partition coefficient (Wildman–Crippen LogP) is 2.60. The van der Waals surface area contributed by atoms with Crippen LogP contribution in [0.25, 0.3) is 0 Å². The van der Waals surface area contributed by atoms with Gasteiger partial charge in [0, 0.05) is 17.3 Å². The Morgan fingerprint density at radius 1 is 1.38 bits per heavy atom. The first kappa shape index (κ1) is 13.5. The fraction of sp³-hybridized carbons (Fsp3) is 0.500. The molecule has 4 heteroatoms. The van der Waals surface area contributed by atoms with Gasteiger partial charge in [-0.25, -0.2) is 4.39 Å². The first-order valence-corrected chi connectivity index (χ1v) is 6.24. The van der Waals surface area contributed by atoms with Crippen LogP contribution in [0.1, 0.15) is 25.5 Å². The van der Waals surface area contributed by atoms with Crippen molar-refractivity contribution in [2.45, 2.75) is 24.8 Å². The number of aliphatic hydroxyl groups excluding tert-OH is 2. The van der Waals surface area contributed by atoms with Crippen molar-refractivity contribution in [2.75, 3.05) is 12.4 Å². The fourth-order valence-corrected chi connectivity index (χ4v) is 2.11. The number of hydrogen-bond acceptors (Lipinski definition) is 3. The van der Waals surface area contributed by atoms with Crippen LogP contribution in [0, 0.1) is 11.7 Å². The highest BCUT2D eigenvalue weighted by Crippen LogP contribution is 2.26. The molecule has 0 spiro atoms. The Hall–Kier alpha value is -0.580. The van der Waals surface area contributed by atoms with Crippen molar-refractivity contribution in [3.63, 3.8) is 0 Å². The zero-order valence-electron chi connectivity index (χ0n) is 9.48. The molecular formula is C12H17FO2S. The standard InChI is InChI=1S/C12H17FO2S/c1-8(6-14)7-16-12-4-3-10(9(2)15)5-11(12)13/h3-5,8-9,14-15H,6-7H2,1-2H3. The molecule has 90 valence electrons. The summed E-state index contributed by atoms with van der Waals surface area (Å²) in [7, 11) is 0. The van der Waals surface area contributed by atoms with Gasteiger partial charge < -0.3 is 10.2 Å². The number of halogens is 1. The molecule has 0 aliphatic carbocycles. The lowest BCUT2D eigenvalue weighted by molar-refractivity contribution is 0.198. The first-order chi connectivity index (χ1) is 7.54. The summed E-state index contributed by atoms with van der Waals surface area (Å²) in [5, 5.41) is 18.1. The van der Waals surface area contributed by atoms with Crippen molar-refractivity contribution in [3.05, 3.63) is 29.6 Å². The van der Waals surface area contributed by atoms with E-state index in [2.05, 4.69) is 0 Å². The largest absolute Gasteiger partial charge is 0.396 e. The van der Waals surface area contributed by atoms with E-state index in [1.165, 1.54) is 17.8 Å². The average molecular weight is 244 g/mol. The monoisotopic (exact) mass is 244 g/mol. The van der Waals surface area contributed by atoms with Gasteiger partial charge >= 0.3 is 0 Å². The molecule has 16 heavy (non-hydrogen) atoms. The smallest absolute Gasteiger partial charge is 0.137 e. The average Bonchev–Trinajstić information content (AvgIpc) is 2.26. The third kappa shape index (κ3) is 3.77. The van der Waals surface area contributed by atoms with Crippen molar-refractivity contribution in [1.82, 2.24) is 0 Å². The summed E-state index contributed by atoms with van der Waals surface area (Å²) in [6, 6.07) is 4.75. The zero-order chi connectivity index (χ0) is 12.1. The second-order valence-electron chi connectivity index (χ2n) is 3.96. The molecule has 1 rings (SSSR count). The Bertz CT molecular complexity index is 342. The SMILES string of the molecule is CC(CO)CSc1ccc(C(C)O)cc1F. The van der Waals surface area contributed by atoms with Gasteiger partial charge in [-0.05, 0) is 30.5 Å². The Labute approximate surface area is 99.5 Å². The molecule has 0 bridgehead atoms. The maximum absolute atomic E-state index is 13.6. The van der Waals surface area contributed by atoms with Crippen LogP contribution in [0.2, 0.25) is 0 Å². The Morgan fingerprint density at radius 3 is 2.56 bits per heavy atom. The number of benzene rings is 1. The van der Waals surface area contributed by atoms with Crippen molar-refractivity contribution >= 4 is 11.8 Å². The topological polar surface area (TPSA) is 40.5 Å². The zero-order valence-corrected chi connectivity index (χ0v) is 10.3. The highest BCUT2D eigenvalue weighted by atomic mass is 32.2. The van der Waals surface area contributed by atoms with Gasteiger partial charge in [-0.1, -0.05) is 13.0 Å². The normalized spacial score (nSPS) is 14.8. The van der Waals surface area contributed by atoms with Crippen LogP contribution in [-0.4, -0.2) is 22.6 Å². The minimum atomic E-state index is -0.648. The van der Waals surface area contributed by atoms with E-state index in [-0.39, 0.29) is 18.3 Å². The Balaban J connectivity index is 2.68. The molecule has 0 aliphatic rings. The van der Waals surface area contributed by atoms with E-state index in [0.29, 0.717) is 16.2 Å². The molecule has 0 heterocycles. The molecule has 0 aromatic heterocycles. The summed E-state index contributed by atoms with van der Waals surface area (Å²) in [6.45, 7) is 3.63. The Kier molecular flexibility index (Phi) is 5.25. The second-order valence-corrected chi connectivity index (χ2v) is 5.03. The molecule has 0 amide bonds. The Morgan fingerprint density at radius 2 is 2.06 bits per heavy atom. The lowest BCUT2D eigenvalue weighted by atomic mass is 10.1. The van der Waals surface area contributed by atoms with Crippen LogP contribution in [0.15, 0.2) is 23.1 Å². The highest BCUT2D eigenvalue weighted by Gasteiger charge is 2.09. The number of hydrogen-bond donors (Lipinski definition) is 2. The maximum Gasteiger partial charge on any atom is 0.137 e. The summed E-state index contributed by atoms with van der Waals surface area (Å²) in [4.78, 5) is 0.560. The van der Waals surface area contributed by atoms with Gasteiger partial charge in [-0.2, -0.15) is 0 Å². The fourth-order valence-electron chi connectivity index (χ4n) is 1.18. The molecule has 0 radical (unpaired) electrons. The van der Waals surface area contributed by atoms with Crippen molar-refractivity contribution < 1.29 is 14.6 Å². The van der Waals surface area contributed by atoms with Gasteiger partial charge in [-0.3, -0.25) is 0 Å². The summed E-state index contributed by atoms with van der Waals surface area (Å²) in [5.74, 6) is 0.524. The van der Waals surface area contributed by atoms with E-state index in [9.17, 15) is 9.50 Å². The highest BCUT2D eigenvalue weighted by molar-refractivity contribution is 7.99. The molecule has 2 nitrogen and oxygen atoms in total.